The Balaban J connectivity index is 1.53. The van der Waals surface area contributed by atoms with Gasteiger partial charge in [-0.2, -0.15) is 10.4 Å². The number of carbonyl (C=O) groups is 1. The second-order valence-corrected chi connectivity index (χ2v) is 7.39. The third-order valence-corrected chi connectivity index (χ3v) is 5.39. The van der Waals surface area contributed by atoms with Gasteiger partial charge in [-0.05, 0) is 60.5 Å². The normalized spacial score (nSPS) is 14.2. The van der Waals surface area contributed by atoms with E-state index in [1.165, 1.54) is 42.0 Å². The Morgan fingerprint density at radius 3 is 2.70 bits per heavy atom. The Bertz CT molecular complexity index is 1160. The fourth-order valence-corrected chi connectivity index (χ4v) is 3.82. The first kappa shape index (κ1) is 19.6. The first-order valence-electron chi connectivity index (χ1n) is 9.95. The quantitative estimate of drug-likeness (QED) is 0.506. The number of hydrazone groups is 1. The first-order valence-corrected chi connectivity index (χ1v) is 9.95. The van der Waals surface area contributed by atoms with Crippen LogP contribution in [0.4, 0.5) is 0 Å². The summed E-state index contributed by atoms with van der Waals surface area (Å²) in [6.07, 6.45) is 4.16. The predicted molar refractivity (Wildman–Crippen MR) is 116 cm³/mol. The summed E-state index contributed by atoms with van der Waals surface area (Å²) in [7, 11) is 0. The van der Waals surface area contributed by atoms with E-state index >= 15 is 0 Å². The number of fused-ring (bicyclic) bond motifs is 1. The molecule has 0 atom stereocenters. The average molecular weight is 398 g/mol. The van der Waals surface area contributed by atoms with Crippen LogP contribution in [0.3, 0.4) is 0 Å². The molecule has 3 aromatic rings. The van der Waals surface area contributed by atoms with Crippen LogP contribution in [0.5, 0.6) is 5.75 Å². The molecule has 4 rings (SSSR count). The molecule has 1 amide bonds. The number of benzene rings is 3. The fraction of sp³-hybridized carbons (Fsp3) is 0.208. The minimum Gasteiger partial charge on any atom is -0.507 e. The number of nitriles is 1. The summed E-state index contributed by atoms with van der Waals surface area (Å²) in [4.78, 5) is 14.8. The molecule has 150 valence electrons. The lowest BCUT2D eigenvalue weighted by Gasteiger charge is -2.16. The van der Waals surface area contributed by atoms with Gasteiger partial charge in [-0.1, -0.05) is 36.4 Å². The monoisotopic (exact) mass is 398 g/mol. The Kier molecular flexibility index (Phi) is 5.73. The lowest BCUT2D eigenvalue weighted by molar-refractivity contribution is 0.0955. The second-order valence-electron chi connectivity index (χ2n) is 7.39. The van der Waals surface area contributed by atoms with E-state index in [1.54, 1.807) is 6.21 Å². The van der Waals surface area contributed by atoms with E-state index in [9.17, 15) is 9.90 Å². The molecule has 1 aliphatic rings. The van der Waals surface area contributed by atoms with Gasteiger partial charge < -0.3 is 5.11 Å². The van der Waals surface area contributed by atoms with E-state index in [4.69, 9.17) is 5.26 Å². The third-order valence-electron chi connectivity index (χ3n) is 5.39. The molecule has 6 heteroatoms. The van der Waals surface area contributed by atoms with Crippen molar-refractivity contribution in [3.63, 3.8) is 0 Å². The van der Waals surface area contributed by atoms with E-state index < -0.39 is 5.91 Å². The van der Waals surface area contributed by atoms with Crippen molar-refractivity contribution >= 4 is 22.9 Å². The standard InChI is InChI=1S/C24H22N4O2/c25-14-20-13-17(9-10-23(20)29)24(30)27-26-15-18-5-3-8-22-19(6-4-7-21(18)22)16-28-11-1-2-12-28/h3-10,13,15,29H,1-2,11-12,16H2,(H,27,30). The van der Waals surface area contributed by atoms with Gasteiger partial charge in [0.05, 0.1) is 11.8 Å². The number of nitrogens with zero attached hydrogens (tertiary/aromatic N) is 3. The topological polar surface area (TPSA) is 88.7 Å². The number of likely N-dealkylation sites (tertiary alicyclic amines) is 1. The molecule has 0 spiro atoms. The maximum absolute atomic E-state index is 12.3. The van der Waals surface area contributed by atoms with Crippen molar-refractivity contribution in [1.29, 1.82) is 5.26 Å². The maximum Gasteiger partial charge on any atom is 0.271 e. The molecule has 1 aliphatic heterocycles. The number of rotatable bonds is 5. The molecule has 0 saturated carbocycles. The summed E-state index contributed by atoms with van der Waals surface area (Å²) >= 11 is 0. The van der Waals surface area contributed by atoms with Gasteiger partial charge in [0, 0.05) is 17.7 Å². The van der Waals surface area contributed by atoms with E-state index in [-0.39, 0.29) is 16.9 Å². The molecule has 0 aliphatic carbocycles. The van der Waals surface area contributed by atoms with Gasteiger partial charge in [0.1, 0.15) is 11.8 Å². The Morgan fingerprint density at radius 2 is 1.90 bits per heavy atom. The highest BCUT2D eigenvalue weighted by molar-refractivity contribution is 6.02. The van der Waals surface area contributed by atoms with Crippen LogP contribution in [0, 0.1) is 11.3 Å². The van der Waals surface area contributed by atoms with Gasteiger partial charge in [0.2, 0.25) is 0 Å². The molecular weight excluding hydrogens is 376 g/mol. The van der Waals surface area contributed by atoms with E-state index in [0.29, 0.717) is 0 Å². The van der Waals surface area contributed by atoms with Gasteiger partial charge in [-0.25, -0.2) is 5.43 Å². The highest BCUT2D eigenvalue weighted by Gasteiger charge is 2.13. The van der Waals surface area contributed by atoms with Crippen LogP contribution in [-0.4, -0.2) is 35.2 Å². The molecular formula is C24H22N4O2. The average Bonchev–Trinajstić information content (AvgIpc) is 3.27. The summed E-state index contributed by atoms with van der Waals surface area (Å²) in [5.41, 5.74) is 5.00. The molecule has 0 bridgehead atoms. The number of aromatic hydroxyl groups is 1. The summed E-state index contributed by atoms with van der Waals surface area (Å²) in [6.45, 7) is 3.24. The number of hydrogen-bond donors (Lipinski definition) is 2. The van der Waals surface area contributed by atoms with Crippen molar-refractivity contribution < 1.29 is 9.90 Å². The molecule has 1 saturated heterocycles. The smallest absolute Gasteiger partial charge is 0.271 e. The molecule has 0 radical (unpaired) electrons. The SMILES string of the molecule is N#Cc1cc(C(=O)NN=Cc2cccc3c(CN4CCCC4)cccc23)ccc1O. The highest BCUT2D eigenvalue weighted by Crippen LogP contribution is 2.24. The van der Waals surface area contributed by atoms with Gasteiger partial charge in [0.15, 0.2) is 0 Å². The molecule has 2 N–H and O–H groups in total. The van der Waals surface area contributed by atoms with Crippen LogP contribution in [0.15, 0.2) is 59.7 Å². The van der Waals surface area contributed by atoms with E-state index in [0.717, 1.165) is 30.6 Å². The molecule has 3 aromatic carbocycles. The molecule has 6 nitrogen and oxygen atoms in total. The lowest BCUT2D eigenvalue weighted by atomic mass is 10.0. The first-order chi connectivity index (χ1) is 14.7. The Hall–Kier alpha value is -3.69. The van der Waals surface area contributed by atoms with E-state index in [1.807, 2.05) is 18.2 Å². The minimum atomic E-state index is -0.447. The summed E-state index contributed by atoms with van der Waals surface area (Å²) in [6, 6.07) is 18.3. The number of phenols is 1. The van der Waals surface area contributed by atoms with Crippen LogP contribution in [0.25, 0.3) is 10.8 Å². The Labute approximate surface area is 175 Å². The maximum atomic E-state index is 12.3. The van der Waals surface area contributed by atoms with Crippen molar-refractivity contribution in [3.05, 3.63) is 76.9 Å². The van der Waals surface area contributed by atoms with Crippen molar-refractivity contribution in [3.8, 4) is 11.8 Å². The van der Waals surface area contributed by atoms with Gasteiger partial charge in [-0.3, -0.25) is 9.69 Å². The van der Waals surface area contributed by atoms with Crippen molar-refractivity contribution in [2.24, 2.45) is 5.10 Å². The van der Waals surface area contributed by atoms with Gasteiger partial charge in [0.25, 0.3) is 5.91 Å². The zero-order valence-electron chi connectivity index (χ0n) is 16.5. The molecule has 1 fully saturated rings. The van der Waals surface area contributed by atoms with Crippen LogP contribution < -0.4 is 5.43 Å². The van der Waals surface area contributed by atoms with Crippen LogP contribution in [-0.2, 0) is 6.54 Å². The molecule has 30 heavy (non-hydrogen) atoms. The second kappa shape index (κ2) is 8.76. The third kappa shape index (κ3) is 4.17. The number of nitrogens with one attached hydrogen (secondary N) is 1. The molecule has 0 aromatic heterocycles. The largest absolute Gasteiger partial charge is 0.507 e. The zero-order valence-corrected chi connectivity index (χ0v) is 16.5. The number of phenolic OH excluding ortho intramolecular Hbond substituents is 1. The molecule has 0 unspecified atom stereocenters. The van der Waals surface area contributed by atoms with Gasteiger partial charge in [-0.15, -0.1) is 0 Å². The van der Waals surface area contributed by atoms with Crippen molar-refractivity contribution in [2.45, 2.75) is 19.4 Å². The predicted octanol–water partition coefficient (Wildman–Crippen LogP) is 3.78. The summed E-state index contributed by atoms with van der Waals surface area (Å²) in [5, 5.41) is 24.9. The summed E-state index contributed by atoms with van der Waals surface area (Å²) < 4.78 is 0. The minimum absolute atomic E-state index is 0.0474. The lowest BCUT2D eigenvalue weighted by Crippen LogP contribution is -2.18. The fourth-order valence-electron chi connectivity index (χ4n) is 3.82. The van der Waals surface area contributed by atoms with Gasteiger partial charge >= 0.3 is 0 Å². The Morgan fingerprint density at radius 1 is 1.13 bits per heavy atom. The highest BCUT2D eigenvalue weighted by atomic mass is 16.3. The van der Waals surface area contributed by atoms with Crippen LogP contribution in [0.2, 0.25) is 0 Å². The van der Waals surface area contributed by atoms with E-state index in [2.05, 4.69) is 39.7 Å². The molecule has 1 heterocycles. The number of carbonyl (C=O) groups excluding carboxylic acids is 1. The number of hydrogen-bond acceptors (Lipinski definition) is 5. The zero-order chi connectivity index (χ0) is 20.9. The summed E-state index contributed by atoms with van der Waals surface area (Å²) in [5.74, 6) is -0.601. The number of amides is 1. The van der Waals surface area contributed by atoms with Crippen LogP contribution >= 0.6 is 0 Å². The van der Waals surface area contributed by atoms with Crippen LogP contribution in [0.1, 0.15) is 39.9 Å². The van der Waals surface area contributed by atoms with Crippen molar-refractivity contribution in [1.82, 2.24) is 10.3 Å². The van der Waals surface area contributed by atoms with Crippen molar-refractivity contribution in [2.75, 3.05) is 13.1 Å².